The summed E-state index contributed by atoms with van der Waals surface area (Å²) >= 11 is 12.1. The maximum absolute atomic E-state index is 13.8. The zero-order chi connectivity index (χ0) is 27.9. The molecule has 2 atom stereocenters. The van der Waals surface area contributed by atoms with Crippen molar-refractivity contribution in [2.24, 2.45) is 0 Å². The summed E-state index contributed by atoms with van der Waals surface area (Å²) in [5, 5.41) is 3.87. The largest absolute Gasteiger partial charge is 0.352 e. The van der Waals surface area contributed by atoms with Crippen molar-refractivity contribution < 1.29 is 18.0 Å². The highest BCUT2D eigenvalue weighted by Gasteiger charge is 2.32. The second kappa shape index (κ2) is 13.1. The van der Waals surface area contributed by atoms with E-state index in [4.69, 9.17) is 23.2 Å². The predicted octanol–water partition coefficient (Wildman–Crippen LogP) is 5.52. The monoisotopic (exact) mass is 575 g/mol. The topological polar surface area (TPSA) is 86.8 Å². The molecule has 3 rings (SSSR count). The number of nitrogens with one attached hydrogen (secondary N) is 1. The lowest BCUT2D eigenvalue weighted by atomic mass is 10.1. The molecule has 0 aliphatic heterocycles. The summed E-state index contributed by atoms with van der Waals surface area (Å²) in [6.07, 6.45) is 0.725. The van der Waals surface area contributed by atoms with E-state index < -0.39 is 28.5 Å². The maximum atomic E-state index is 13.8. The van der Waals surface area contributed by atoms with Gasteiger partial charge in [-0.25, -0.2) is 8.42 Å². The third-order valence-corrected chi connectivity index (χ3v) is 8.45. The Kier molecular flexibility index (Phi) is 10.2. The summed E-state index contributed by atoms with van der Waals surface area (Å²) in [6.45, 7) is 5.03. The molecule has 0 saturated carbocycles. The molecule has 202 valence electrons. The summed E-state index contributed by atoms with van der Waals surface area (Å²) in [5.41, 5.74) is 1.02. The van der Waals surface area contributed by atoms with Gasteiger partial charge >= 0.3 is 0 Å². The van der Waals surface area contributed by atoms with Gasteiger partial charge in [0.1, 0.15) is 12.6 Å². The van der Waals surface area contributed by atoms with Crippen LogP contribution >= 0.6 is 23.2 Å². The fourth-order valence-electron chi connectivity index (χ4n) is 3.69. The SMILES string of the molecule is CC[C@H](C)NC(=O)[C@H](C)N(Cc1ccc(Cl)cc1)C(=O)CN(c1ccc(Cl)cc1)S(=O)(=O)c1ccccc1. The van der Waals surface area contributed by atoms with Gasteiger partial charge in [-0.1, -0.05) is 60.5 Å². The molecule has 0 spiro atoms. The van der Waals surface area contributed by atoms with Gasteiger partial charge in [-0.15, -0.1) is 0 Å². The van der Waals surface area contributed by atoms with Crippen molar-refractivity contribution in [1.29, 1.82) is 0 Å². The molecule has 38 heavy (non-hydrogen) atoms. The smallest absolute Gasteiger partial charge is 0.264 e. The zero-order valence-corrected chi connectivity index (χ0v) is 23.8. The molecule has 0 aliphatic carbocycles. The fourth-order valence-corrected chi connectivity index (χ4v) is 5.38. The summed E-state index contributed by atoms with van der Waals surface area (Å²) in [4.78, 5) is 28.3. The van der Waals surface area contributed by atoms with Gasteiger partial charge in [0.15, 0.2) is 0 Å². The molecule has 3 aromatic rings. The van der Waals surface area contributed by atoms with Crippen molar-refractivity contribution >= 4 is 50.7 Å². The lowest BCUT2D eigenvalue weighted by Gasteiger charge is -2.32. The van der Waals surface area contributed by atoms with Crippen molar-refractivity contribution in [2.45, 2.75) is 50.7 Å². The van der Waals surface area contributed by atoms with E-state index in [1.165, 1.54) is 17.0 Å². The number of benzene rings is 3. The van der Waals surface area contributed by atoms with Crippen LogP contribution in [0.3, 0.4) is 0 Å². The van der Waals surface area contributed by atoms with E-state index in [0.717, 1.165) is 16.3 Å². The molecule has 0 aromatic heterocycles. The van der Waals surface area contributed by atoms with Crippen LogP contribution < -0.4 is 9.62 Å². The van der Waals surface area contributed by atoms with Crippen LogP contribution in [0.15, 0.2) is 83.8 Å². The number of nitrogens with zero attached hydrogens (tertiary/aromatic N) is 2. The number of anilines is 1. The van der Waals surface area contributed by atoms with E-state index in [2.05, 4.69) is 5.32 Å². The average molecular weight is 577 g/mol. The van der Waals surface area contributed by atoms with Gasteiger partial charge in [-0.2, -0.15) is 0 Å². The second-order valence-electron chi connectivity index (χ2n) is 8.94. The van der Waals surface area contributed by atoms with Crippen LogP contribution in [0.2, 0.25) is 10.0 Å². The minimum Gasteiger partial charge on any atom is -0.352 e. The first-order valence-corrected chi connectivity index (χ1v) is 14.4. The van der Waals surface area contributed by atoms with Crippen LogP contribution in [0, 0.1) is 0 Å². The Labute approximate surface area is 234 Å². The predicted molar refractivity (Wildman–Crippen MR) is 152 cm³/mol. The van der Waals surface area contributed by atoms with Crippen LogP contribution in [0.1, 0.15) is 32.8 Å². The molecule has 0 fully saturated rings. The molecular weight excluding hydrogens is 545 g/mol. The molecule has 0 unspecified atom stereocenters. The van der Waals surface area contributed by atoms with Crippen LogP contribution in [0.4, 0.5) is 5.69 Å². The van der Waals surface area contributed by atoms with Crippen LogP contribution in [-0.4, -0.2) is 43.8 Å². The first-order valence-electron chi connectivity index (χ1n) is 12.2. The number of sulfonamides is 1. The third-order valence-electron chi connectivity index (χ3n) is 6.16. The molecule has 2 amide bonds. The average Bonchev–Trinajstić information content (AvgIpc) is 2.91. The van der Waals surface area contributed by atoms with E-state index in [1.54, 1.807) is 73.7 Å². The Balaban J connectivity index is 2.00. The van der Waals surface area contributed by atoms with E-state index in [1.807, 2.05) is 13.8 Å². The van der Waals surface area contributed by atoms with Crippen molar-refractivity contribution in [3.8, 4) is 0 Å². The highest BCUT2D eigenvalue weighted by molar-refractivity contribution is 7.92. The lowest BCUT2D eigenvalue weighted by Crippen LogP contribution is -2.52. The molecule has 7 nitrogen and oxygen atoms in total. The van der Waals surface area contributed by atoms with Crippen molar-refractivity contribution in [3.63, 3.8) is 0 Å². The first-order chi connectivity index (χ1) is 18.0. The number of rotatable bonds is 11. The number of amides is 2. The van der Waals surface area contributed by atoms with Gasteiger partial charge in [-0.05, 0) is 74.4 Å². The molecule has 0 radical (unpaired) electrons. The van der Waals surface area contributed by atoms with Crippen LogP contribution in [0.5, 0.6) is 0 Å². The first kappa shape index (κ1) is 29.5. The van der Waals surface area contributed by atoms with E-state index in [-0.39, 0.29) is 29.1 Å². The summed E-state index contributed by atoms with van der Waals surface area (Å²) in [6, 6.07) is 20.1. The normalized spacial score (nSPS) is 12.9. The Hall–Kier alpha value is -3.07. The zero-order valence-electron chi connectivity index (χ0n) is 21.5. The quantitative estimate of drug-likeness (QED) is 0.326. The van der Waals surface area contributed by atoms with E-state index >= 15 is 0 Å². The van der Waals surface area contributed by atoms with Gasteiger partial charge in [0.05, 0.1) is 10.6 Å². The van der Waals surface area contributed by atoms with Gasteiger partial charge in [-0.3, -0.25) is 13.9 Å². The highest BCUT2D eigenvalue weighted by Crippen LogP contribution is 2.26. The van der Waals surface area contributed by atoms with Crippen molar-refractivity contribution in [1.82, 2.24) is 10.2 Å². The van der Waals surface area contributed by atoms with Gasteiger partial charge in [0.2, 0.25) is 11.8 Å². The molecule has 3 aromatic carbocycles. The van der Waals surface area contributed by atoms with Gasteiger partial charge in [0, 0.05) is 22.6 Å². The molecule has 10 heteroatoms. The minimum atomic E-state index is -4.12. The fraction of sp³-hybridized carbons (Fsp3) is 0.286. The maximum Gasteiger partial charge on any atom is 0.264 e. The van der Waals surface area contributed by atoms with Gasteiger partial charge < -0.3 is 10.2 Å². The second-order valence-corrected chi connectivity index (χ2v) is 11.7. The van der Waals surface area contributed by atoms with Crippen molar-refractivity contribution in [2.75, 3.05) is 10.8 Å². The summed E-state index contributed by atoms with van der Waals surface area (Å²) < 4.78 is 28.4. The summed E-state index contributed by atoms with van der Waals surface area (Å²) in [7, 11) is -4.12. The number of carbonyl (C=O) groups excluding carboxylic acids is 2. The Bertz CT molecular complexity index is 1330. The van der Waals surface area contributed by atoms with Crippen molar-refractivity contribution in [3.05, 3.63) is 94.5 Å². The van der Waals surface area contributed by atoms with Crippen LogP contribution in [-0.2, 0) is 26.2 Å². The molecule has 0 bridgehead atoms. The highest BCUT2D eigenvalue weighted by atomic mass is 35.5. The molecule has 1 N–H and O–H groups in total. The number of hydrogen-bond acceptors (Lipinski definition) is 4. The number of hydrogen-bond donors (Lipinski definition) is 1. The molecular formula is C28H31Cl2N3O4S. The molecule has 0 aliphatic rings. The standard InChI is InChI=1S/C28H31Cl2N3O4S/c1-4-20(2)31-28(35)21(3)32(18-22-10-12-23(29)13-11-22)27(34)19-33(25-16-14-24(30)15-17-25)38(36,37)26-8-6-5-7-9-26/h5-17,20-21H,4,18-19H2,1-3H3,(H,31,35)/t20-,21-/m0/s1. The Morgan fingerprint density at radius 1 is 0.868 bits per heavy atom. The van der Waals surface area contributed by atoms with Gasteiger partial charge in [0.25, 0.3) is 10.0 Å². The number of carbonyl (C=O) groups is 2. The van der Waals surface area contributed by atoms with Crippen LogP contribution in [0.25, 0.3) is 0 Å². The third kappa shape index (κ3) is 7.49. The number of halogens is 2. The molecule has 0 heterocycles. The summed E-state index contributed by atoms with van der Waals surface area (Å²) in [5.74, 6) is -0.869. The lowest BCUT2D eigenvalue weighted by molar-refractivity contribution is -0.139. The molecule has 0 saturated heterocycles. The van der Waals surface area contributed by atoms with E-state index in [9.17, 15) is 18.0 Å². The van der Waals surface area contributed by atoms with E-state index in [0.29, 0.717) is 10.0 Å². The Morgan fingerprint density at radius 3 is 1.97 bits per heavy atom. The minimum absolute atomic E-state index is 0.0366. The Morgan fingerprint density at radius 2 is 1.42 bits per heavy atom.